The van der Waals surface area contributed by atoms with E-state index in [0.717, 1.165) is 24.0 Å². The molecular formula is C24H28NO7PS. The highest BCUT2D eigenvalue weighted by atomic mass is 32.2. The number of Topliss-reactive ketones (excluding diaryl/α,β-unsaturated/α-hetero) is 1. The van der Waals surface area contributed by atoms with Gasteiger partial charge in [-0.2, -0.15) is 0 Å². The summed E-state index contributed by atoms with van der Waals surface area (Å²) in [7, 11) is -0.0772. The second kappa shape index (κ2) is 11.0. The van der Waals surface area contributed by atoms with Gasteiger partial charge >= 0.3 is 7.60 Å². The summed E-state index contributed by atoms with van der Waals surface area (Å²) in [5.74, 6) is 0.991. The molecule has 182 valence electrons. The lowest BCUT2D eigenvalue weighted by Crippen LogP contribution is -2.27. The van der Waals surface area contributed by atoms with Gasteiger partial charge in [-0.15, -0.1) is 11.8 Å². The summed E-state index contributed by atoms with van der Waals surface area (Å²) in [6.45, 7) is 0.878. The Morgan fingerprint density at radius 1 is 1.09 bits per heavy atom. The van der Waals surface area contributed by atoms with E-state index in [1.54, 1.807) is 24.3 Å². The number of rotatable bonds is 6. The molecule has 1 atom stereocenters. The van der Waals surface area contributed by atoms with E-state index in [1.807, 2.05) is 12.1 Å². The van der Waals surface area contributed by atoms with Crippen LogP contribution in [0, 0.1) is 0 Å². The van der Waals surface area contributed by atoms with Crippen molar-refractivity contribution >= 4 is 36.7 Å². The number of carbonyl (C=O) groups excluding carboxylic acids is 2. The van der Waals surface area contributed by atoms with Gasteiger partial charge in [0.2, 0.25) is 5.91 Å². The fraction of sp³-hybridized carbons (Fsp3) is 0.417. The summed E-state index contributed by atoms with van der Waals surface area (Å²) in [6, 6.07) is 10.6. The van der Waals surface area contributed by atoms with E-state index in [0.29, 0.717) is 42.4 Å². The van der Waals surface area contributed by atoms with E-state index in [9.17, 15) is 14.2 Å². The summed E-state index contributed by atoms with van der Waals surface area (Å²) in [5.41, 5.74) is 2.75. The van der Waals surface area contributed by atoms with Crippen LogP contribution in [-0.4, -0.2) is 50.1 Å². The molecular weight excluding hydrogens is 477 g/mol. The Morgan fingerprint density at radius 2 is 1.74 bits per heavy atom. The third kappa shape index (κ3) is 5.84. The zero-order valence-corrected chi connectivity index (χ0v) is 20.9. The minimum absolute atomic E-state index is 0.0431. The van der Waals surface area contributed by atoms with E-state index in [1.165, 1.54) is 26.0 Å². The highest BCUT2D eigenvalue weighted by molar-refractivity contribution is 8.01. The molecule has 1 fully saturated rings. The van der Waals surface area contributed by atoms with Crippen LogP contribution in [-0.2, 0) is 31.0 Å². The molecule has 2 aliphatic heterocycles. The number of nitrogens with one attached hydrogen (secondary N) is 1. The monoisotopic (exact) mass is 505 g/mol. The van der Waals surface area contributed by atoms with Gasteiger partial charge in [0.25, 0.3) is 0 Å². The summed E-state index contributed by atoms with van der Waals surface area (Å²) in [4.78, 5) is 25.7. The molecule has 4 rings (SSSR count). The van der Waals surface area contributed by atoms with Gasteiger partial charge in [0.05, 0.1) is 44.6 Å². The number of anilines is 1. The van der Waals surface area contributed by atoms with E-state index < -0.39 is 12.8 Å². The summed E-state index contributed by atoms with van der Waals surface area (Å²) in [6.07, 6.45) is 2.27. The second-order valence-corrected chi connectivity index (χ2v) is 11.4. The Kier molecular flexibility index (Phi) is 7.99. The number of hydrogen-bond donors (Lipinski definition) is 1. The van der Waals surface area contributed by atoms with Crippen molar-refractivity contribution < 1.29 is 32.7 Å². The molecule has 34 heavy (non-hydrogen) atoms. The van der Waals surface area contributed by atoms with Crippen molar-refractivity contribution in [3.05, 3.63) is 53.1 Å². The molecule has 0 aromatic heterocycles. The van der Waals surface area contributed by atoms with Crippen molar-refractivity contribution in [2.24, 2.45) is 0 Å². The van der Waals surface area contributed by atoms with Crippen LogP contribution < -0.4 is 14.8 Å². The van der Waals surface area contributed by atoms with Gasteiger partial charge in [0.1, 0.15) is 0 Å². The second-order valence-electron chi connectivity index (χ2n) is 8.12. The molecule has 0 spiro atoms. The number of fused-ring (bicyclic) bond motifs is 1. The van der Waals surface area contributed by atoms with Crippen molar-refractivity contribution in [3.63, 3.8) is 0 Å². The molecule has 0 bridgehead atoms. The maximum absolute atomic E-state index is 13.0. The van der Waals surface area contributed by atoms with Crippen molar-refractivity contribution in [2.75, 3.05) is 38.5 Å². The van der Waals surface area contributed by atoms with Crippen molar-refractivity contribution in [2.45, 2.75) is 30.7 Å². The minimum atomic E-state index is -3.14. The van der Waals surface area contributed by atoms with Crippen LogP contribution in [0.2, 0.25) is 0 Å². The third-order valence-electron chi connectivity index (χ3n) is 5.74. The fourth-order valence-electron chi connectivity index (χ4n) is 3.91. The number of amides is 1. The van der Waals surface area contributed by atoms with Gasteiger partial charge < -0.3 is 23.8 Å². The van der Waals surface area contributed by atoms with Crippen LogP contribution in [0.1, 0.15) is 34.3 Å². The lowest BCUT2D eigenvalue weighted by Gasteiger charge is -2.17. The van der Waals surface area contributed by atoms with Gasteiger partial charge in [0.15, 0.2) is 17.3 Å². The highest BCUT2D eigenvalue weighted by Crippen LogP contribution is 2.52. The first-order chi connectivity index (χ1) is 16.4. The van der Waals surface area contributed by atoms with E-state index in [-0.39, 0.29) is 23.6 Å². The highest BCUT2D eigenvalue weighted by Gasteiger charge is 2.29. The number of ether oxygens (including phenoxy) is 2. The molecule has 8 nitrogen and oxygen atoms in total. The molecule has 0 saturated carbocycles. The Labute approximate surface area is 203 Å². The Hall–Kier alpha value is -2.32. The molecule has 10 heteroatoms. The molecule has 1 saturated heterocycles. The van der Waals surface area contributed by atoms with Gasteiger partial charge in [0, 0.05) is 11.3 Å². The molecule has 2 aromatic carbocycles. The topological polar surface area (TPSA) is 100 Å². The lowest BCUT2D eigenvalue weighted by molar-refractivity contribution is -0.115. The molecule has 0 aliphatic carbocycles. The summed E-state index contributed by atoms with van der Waals surface area (Å²) < 4.78 is 34.4. The van der Waals surface area contributed by atoms with Crippen LogP contribution in [0.5, 0.6) is 11.5 Å². The van der Waals surface area contributed by atoms with Gasteiger partial charge in [-0.05, 0) is 54.7 Å². The van der Waals surface area contributed by atoms with E-state index >= 15 is 0 Å². The number of thioether (sulfide) groups is 1. The Bertz CT molecular complexity index is 1090. The Balaban J connectivity index is 1.43. The average Bonchev–Trinajstić information content (AvgIpc) is 3.15. The van der Waals surface area contributed by atoms with Gasteiger partial charge in [-0.25, -0.2) is 0 Å². The first-order valence-electron chi connectivity index (χ1n) is 11.1. The molecule has 1 N–H and O–H groups in total. The largest absolute Gasteiger partial charge is 0.493 e. The predicted octanol–water partition coefficient (Wildman–Crippen LogP) is 4.70. The van der Waals surface area contributed by atoms with Crippen LogP contribution in [0.4, 0.5) is 5.69 Å². The predicted molar refractivity (Wildman–Crippen MR) is 131 cm³/mol. The molecule has 0 unspecified atom stereocenters. The standard InChI is InChI=1S/C24H28NO7PS/c1-29-21-11-17-12-23(34-15-20(26)19(17)13-22(21)30-2)24(27)25-18-7-5-16(6-8-18)14-33(28)31-9-3-4-10-32-33/h5-8,11,13,23H,3-4,9-10,12,14-15H2,1-2H3,(H,25,27)/t23-/m1/s1. The zero-order valence-electron chi connectivity index (χ0n) is 19.2. The normalized spacial score (nSPS) is 19.9. The van der Waals surface area contributed by atoms with Gasteiger partial charge in [-0.3, -0.25) is 14.2 Å². The third-order valence-corrected chi connectivity index (χ3v) is 8.85. The molecule has 0 radical (unpaired) electrons. The average molecular weight is 506 g/mol. The SMILES string of the molecule is COc1cc2c(cc1OC)C(=O)CS[C@@H](C(=O)Nc1ccc(CP3(=O)OCCCCO3)cc1)C2. The van der Waals surface area contributed by atoms with Crippen molar-refractivity contribution in [1.29, 1.82) is 0 Å². The summed E-state index contributed by atoms with van der Waals surface area (Å²) in [5, 5.41) is 2.49. The van der Waals surface area contributed by atoms with Crippen molar-refractivity contribution in [3.8, 4) is 11.5 Å². The number of ketones is 1. The van der Waals surface area contributed by atoms with Crippen LogP contribution in [0.25, 0.3) is 0 Å². The zero-order chi connectivity index (χ0) is 24.1. The number of benzene rings is 2. The minimum Gasteiger partial charge on any atom is -0.493 e. The fourth-order valence-corrected chi connectivity index (χ4v) is 6.66. The van der Waals surface area contributed by atoms with Crippen LogP contribution in [0.15, 0.2) is 36.4 Å². The molecule has 1 amide bonds. The van der Waals surface area contributed by atoms with Gasteiger partial charge in [-0.1, -0.05) is 12.1 Å². The number of carbonyl (C=O) groups is 2. The van der Waals surface area contributed by atoms with E-state index in [4.69, 9.17) is 18.5 Å². The molecule has 2 heterocycles. The summed E-state index contributed by atoms with van der Waals surface area (Å²) >= 11 is 1.32. The smallest absolute Gasteiger partial charge is 0.335 e. The molecule has 2 aliphatic rings. The number of hydrogen-bond acceptors (Lipinski definition) is 8. The quantitative estimate of drug-likeness (QED) is 0.564. The first kappa shape index (κ1) is 24.8. The Morgan fingerprint density at radius 3 is 2.38 bits per heavy atom. The maximum atomic E-state index is 13.0. The number of methoxy groups -OCH3 is 2. The maximum Gasteiger partial charge on any atom is 0.335 e. The van der Waals surface area contributed by atoms with Crippen molar-refractivity contribution in [1.82, 2.24) is 0 Å². The van der Waals surface area contributed by atoms with E-state index in [2.05, 4.69) is 5.32 Å². The molecule has 2 aromatic rings. The lowest BCUT2D eigenvalue weighted by atomic mass is 9.99. The first-order valence-corrected chi connectivity index (χ1v) is 13.9. The van der Waals surface area contributed by atoms with Crippen LogP contribution in [0.3, 0.4) is 0 Å². The van der Waals surface area contributed by atoms with Crippen LogP contribution >= 0.6 is 19.4 Å².